The van der Waals surface area contributed by atoms with Crippen molar-refractivity contribution in [2.45, 2.75) is 6.61 Å². The van der Waals surface area contributed by atoms with Gasteiger partial charge in [-0.05, 0) is 54.1 Å². The molecule has 0 fully saturated rings. The molecule has 0 aliphatic heterocycles. The number of methoxy groups -OCH3 is 1. The molecule has 0 aliphatic rings. The average molecular weight is 347 g/mol. The molecule has 0 aliphatic carbocycles. The molecule has 1 amide bonds. The molecular formula is C22H21NO3. The van der Waals surface area contributed by atoms with Crippen LogP contribution in [-0.2, 0) is 11.3 Å². The van der Waals surface area contributed by atoms with E-state index in [0.717, 1.165) is 22.7 Å². The number of benzene rings is 3. The van der Waals surface area contributed by atoms with Gasteiger partial charge in [0.2, 0.25) is 0 Å². The molecule has 3 aromatic rings. The van der Waals surface area contributed by atoms with Crippen LogP contribution in [-0.4, -0.2) is 20.1 Å². The lowest BCUT2D eigenvalue weighted by Gasteiger charge is -2.18. The van der Waals surface area contributed by atoms with Crippen LogP contribution in [0.15, 0.2) is 78.9 Å². The number of amides is 1. The Labute approximate surface area is 153 Å². The predicted octanol–water partition coefficient (Wildman–Crippen LogP) is 4.90. The normalized spacial score (nSPS) is 10.4. The van der Waals surface area contributed by atoms with Gasteiger partial charge in [-0.25, -0.2) is 0 Å². The van der Waals surface area contributed by atoms with Crippen molar-refractivity contribution < 1.29 is 14.3 Å². The molecule has 4 heteroatoms. The summed E-state index contributed by atoms with van der Waals surface area (Å²) < 4.78 is 10.9. The molecule has 4 nitrogen and oxygen atoms in total. The van der Waals surface area contributed by atoms with Gasteiger partial charge in [0.1, 0.15) is 11.5 Å². The minimum absolute atomic E-state index is 0.0697. The Morgan fingerprint density at radius 2 is 1.58 bits per heavy atom. The molecule has 132 valence electrons. The highest BCUT2D eigenvalue weighted by atomic mass is 16.5. The standard InChI is InChI=1S/C22H21NO3/c1-23(22(24)18-8-6-7-17(15-18)16-25-2)19-11-13-21(14-12-19)26-20-9-4-3-5-10-20/h3-15H,16H2,1-2H3. The summed E-state index contributed by atoms with van der Waals surface area (Å²) in [6, 6.07) is 24.5. The first-order valence-corrected chi connectivity index (χ1v) is 8.36. The van der Waals surface area contributed by atoms with Crippen LogP contribution in [0.4, 0.5) is 5.69 Å². The number of carbonyl (C=O) groups is 1. The Bertz CT molecular complexity index is 860. The Morgan fingerprint density at radius 1 is 0.885 bits per heavy atom. The monoisotopic (exact) mass is 347 g/mol. The molecule has 0 radical (unpaired) electrons. The highest BCUT2D eigenvalue weighted by Crippen LogP contribution is 2.24. The zero-order valence-electron chi connectivity index (χ0n) is 14.9. The second-order valence-corrected chi connectivity index (χ2v) is 5.91. The smallest absolute Gasteiger partial charge is 0.258 e. The zero-order valence-corrected chi connectivity index (χ0v) is 14.9. The quantitative estimate of drug-likeness (QED) is 0.636. The van der Waals surface area contributed by atoms with Crippen molar-refractivity contribution >= 4 is 11.6 Å². The van der Waals surface area contributed by atoms with Crippen LogP contribution in [0.3, 0.4) is 0 Å². The molecule has 0 saturated heterocycles. The summed E-state index contributed by atoms with van der Waals surface area (Å²) in [5, 5.41) is 0. The Kier molecular flexibility index (Phi) is 5.66. The van der Waals surface area contributed by atoms with Crippen LogP contribution in [0, 0.1) is 0 Å². The van der Waals surface area contributed by atoms with Crippen molar-refractivity contribution in [1.82, 2.24) is 0 Å². The lowest BCUT2D eigenvalue weighted by Crippen LogP contribution is -2.26. The van der Waals surface area contributed by atoms with Gasteiger partial charge in [-0.2, -0.15) is 0 Å². The van der Waals surface area contributed by atoms with E-state index in [9.17, 15) is 4.79 Å². The first-order chi connectivity index (χ1) is 12.7. The second-order valence-electron chi connectivity index (χ2n) is 5.91. The molecule has 3 rings (SSSR count). The third-order valence-corrected chi connectivity index (χ3v) is 3.99. The Hall–Kier alpha value is -3.11. The summed E-state index contributed by atoms with van der Waals surface area (Å²) >= 11 is 0. The van der Waals surface area contributed by atoms with E-state index in [4.69, 9.17) is 9.47 Å². The van der Waals surface area contributed by atoms with Crippen molar-refractivity contribution in [3.63, 3.8) is 0 Å². The maximum Gasteiger partial charge on any atom is 0.258 e. The van der Waals surface area contributed by atoms with E-state index in [1.54, 1.807) is 19.1 Å². The van der Waals surface area contributed by atoms with E-state index in [1.165, 1.54) is 0 Å². The molecule has 0 N–H and O–H groups in total. The molecule has 0 heterocycles. The van der Waals surface area contributed by atoms with Crippen LogP contribution in [0.25, 0.3) is 0 Å². The summed E-state index contributed by atoms with van der Waals surface area (Å²) in [6.07, 6.45) is 0. The summed E-state index contributed by atoms with van der Waals surface area (Å²) in [7, 11) is 3.40. The molecule has 0 saturated carbocycles. The summed E-state index contributed by atoms with van der Waals surface area (Å²) in [5.41, 5.74) is 2.40. The molecular weight excluding hydrogens is 326 g/mol. The number of carbonyl (C=O) groups excluding carboxylic acids is 1. The summed E-state index contributed by atoms with van der Waals surface area (Å²) in [4.78, 5) is 14.4. The molecule has 0 aromatic heterocycles. The minimum atomic E-state index is -0.0697. The van der Waals surface area contributed by atoms with E-state index in [2.05, 4.69) is 0 Å². The first kappa shape index (κ1) is 17.7. The van der Waals surface area contributed by atoms with Gasteiger partial charge in [0.15, 0.2) is 0 Å². The Balaban J connectivity index is 1.72. The van der Waals surface area contributed by atoms with Crippen LogP contribution in [0.5, 0.6) is 11.5 Å². The fraction of sp³-hybridized carbons (Fsp3) is 0.136. The van der Waals surface area contributed by atoms with Crippen LogP contribution in [0.1, 0.15) is 15.9 Å². The van der Waals surface area contributed by atoms with Gasteiger partial charge in [0.05, 0.1) is 6.61 Å². The highest BCUT2D eigenvalue weighted by molar-refractivity contribution is 6.05. The van der Waals surface area contributed by atoms with E-state index < -0.39 is 0 Å². The number of para-hydroxylation sites is 1. The summed E-state index contributed by atoms with van der Waals surface area (Å²) in [5.74, 6) is 1.43. The number of nitrogens with zero attached hydrogens (tertiary/aromatic N) is 1. The zero-order chi connectivity index (χ0) is 18.4. The van der Waals surface area contributed by atoms with Gasteiger partial charge in [-0.3, -0.25) is 4.79 Å². The second kappa shape index (κ2) is 8.32. The SMILES string of the molecule is COCc1cccc(C(=O)N(C)c2ccc(Oc3ccccc3)cc2)c1. The predicted molar refractivity (Wildman–Crippen MR) is 103 cm³/mol. The van der Waals surface area contributed by atoms with Crippen molar-refractivity contribution in [3.05, 3.63) is 90.0 Å². The number of hydrogen-bond acceptors (Lipinski definition) is 3. The first-order valence-electron chi connectivity index (χ1n) is 8.36. The van der Waals surface area contributed by atoms with Gasteiger partial charge in [-0.1, -0.05) is 30.3 Å². The van der Waals surface area contributed by atoms with E-state index in [0.29, 0.717) is 12.2 Å². The summed E-state index contributed by atoms with van der Waals surface area (Å²) in [6.45, 7) is 0.482. The van der Waals surface area contributed by atoms with Crippen molar-refractivity contribution in [3.8, 4) is 11.5 Å². The van der Waals surface area contributed by atoms with Crippen LogP contribution in [0.2, 0.25) is 0 Å². The van der Waals surface area contributed by atoms with E-state index in [1.807, 2.05) is 78.9 Å². The van der Waals surface area contributed by atoms with Crippen LogP contribution < -0.4 is 9.64 Å². The topological polar surface area (TPSA) is 38.8 Å². The van der Waals surface area contributed by atoms with Crippen molar-refractivity contribution in [2.75, 3.05) is 19.1 Å². The molecule has 0 unspecified atom stereocenters. The third-order valence-electron chi connectivity index (χ3n) is 3.99. The molecule has 26 heavy (non-hydrogen) atoms. The maximum absolute atomic E-state index is 12.7. The van der Waals surface area contributed by atoms with Gasteiger partial charge < -0.3 is 14.4 Å². The molecule has 0 bridgehead atoms. The third kappa shape index (κ3) is 4.29. The number of ether oxygens (including phenoxy) is 2. The van der Waals surface area contributed by atoms with Crippen LogP contribution >= 0.6 is 0 Å². The lowest BCUT2D eigenvalue weighted by molar-refractivity contribution is 0.0992. The van der Waals surface area contributed by atoms with E-state index in [-0.39, 0.29) is 5.91 Å². The van der Waals surface area contributed by atoms with Gasteiger partial charge in [-0.15, -0.1) is 0 Å². The molecule has 0 atom stereocenters. The van der Waals surface area contributed by atoms with Gasteiger partial charge in [0, 0.05) is 25.4 Å². The minimum Gasteiger partial charge on any atom is -0.457 e. The highest BCUT2D eigenvalue weighted by Gasteiger charge is 2.14. The fourth-order valence-electron chi connectivity index (χ4n) is 2.63. The number of anilines is 1. The molecule has 0 spiro atoms. The fourth-order valence-corrected chi connectivity index (χ4v) is 2.63. The number of rotatable bonds is 6. The van der Waals surface area contributed by atoms with Crippen molar-refractivity contribution in [2.24, 2.45) is 0 Å². The largest absolute Gasteiger partial charge is 0.457 e. The Morgan fingerprint density at radius 3 is 2.27 bits per heavy atom. The van der Waals surface area contributed by atoms with Gasteiger partial charge >= 0.3 is 0 Å². The van der Waals surface area contributed by atoms with Gasteiger partial charge in [0.25, 0.3) is 5.91 Å². The maximum atomic E-state index is 12.7. The number of hydrogen-bond donors (Lipinski definition) is 0. The van der Waals surface area contributed by atoms with E-state index >= 15 is 0 Å². The lowest BCUT2D eigenvalue weighted by atomic mass is 10.1. The van der Waals surface area contributed by atoms with Crippen molar-refractivity contribution in [1.29, 1.82) is 0 Å². The molecule has 3 aromatic carbocycles. The average Bonchev–Trinajstić information content (AvgIpc) is 2.69.